The number of aryl methyl sites for hydroxylation is 2. The molecule has 108 valence electrons. The molecule has 2 rings (SSSR count). The van der Waals surface area contributed by atoms with Crippen LogP contribution in [-0.2, 0) is 30.0 Å². The fraction of sp³-hybridized carbons (Fsp3) is 0.333. The summed E-state index contributed by atoms with van der Waals surface area (Å²) in [5.74, 6) is 0. The zero-order valence-electron chi connectivity index (χ0n) is 11.2. The molecule has 1 N–H and O–H groups in total. The highest BCUT2D eigenvalue weighted by molar-refractivity contribution is 7.89. The molecule has 2 heterocycles. The molecule has 0 bridgehead atoms. The average Bonchev–Trinajstić information content (AvgIpc) is 2.77. The predicted octanol–water partition coefficient (Wildman–Crippen LogP) is 1.51. The van der Waals surface area contributed by atoms with E-state index in [2.05, 4.69) is 14.8 Å². The van der Waals surface area contributed by atoms with Gasteiger partial charge in [0.05, 0.1) is 5.69 Å². The third kappa shape index (κ3) is 3.17. The largest absolute Gasteiger partial charge is 0.275 e. The predicted molar refractivity (Wildman–Crippen MR) is 75.9 cm³/mol. The van der Waals surface area contributed by atoms with Crippen LogP contribution in [0.4, 0.5) is 0 Å². The molecule has 2 aromatic heterocycles. The van der Waals surface area contributed by atoms with Crippen molar-refractivity contribution in [2.75, 3.05) is 0 Å². The van der Waals surface area contributed by atoms with Crippen molar-refractivity contribution in [3.05, 3.63) is 40.9 Å². The molecule has 0 radical (unpaired) electrons. The van der Waals surface area contributed by atoms with E-state index in [9.17, 15) is 8.42 Å². The lowest BCUT2D eigenvalue weighted by atomic mass is 10.2. The van der Waals surface area contributed by atoms with Crippen LogP contribution in [0.3, 0.4) is 0 Å². The highest BCUT2D eigenvalue weighted by atomic mass is 35.5. The lowest BCUT2D eigenvalue weighted by Crippen LogP contribution is -2.24. The number of sulfonamides is 1. The van der Waals surface area contributed by atoms with Crippen LogP contribution >= 0.6 is 11.6 Å². The lowest BCUT2D eigenvalue weighted by Gasteiger charge is -2.07. The van der Waals surface area contributed by atoms with Crippen LogP contribution in [0, 0.1) is 0 Å². The summed E-state index contributed by atoms with van der Waals surface area (Å²) in [4.78, 5) is 3.74. The van der Waals surface area contributed by atoms with Crippen LogP contribution in [0.25, 0.3) is 0 Å². The van der Waals surface area contributed by atoms with Crippen molar-refractivity contribution in [1.29, 1.82) is 0 Å². The van der Waals surface area contributed by atoms with Crippen molar-refractivity contribution in [3.63, 3.8) is 0 Å². The quantitative estimate of drug-likeness (QED) is 0.849. The molecule has 0 fully saturated rings. The first kappa shape index (κ1) is 15.0. The minimum absolute atomic E-state index is 0.0244. The summed E-state index contributed by atoms with van der Waals surface area (Å²) in [6.45, 7) is 2.14. The summed E-state index contributed by atoms with van der Waals surface area (Å²) in [7, 11) is -1.89. The molecule has 0 unspecified atom stereocenters. The van der Waals surface area contributed by atoms with E-state index in [-0.39, 0.29) is 16.6 Å². The fourth-order valence-electron chi connectivity index (χ4n) is 1.85. The molecule has 6 nitrogen and oxygen atoms in total. The molecule has 20 heavy (non-hydrogen) atoms. The Kier molecular flexibility index (Phi) is 4.42. The highest BCUT2D eigenvalue weighted by Gasteiger charge is 2.19. The van der Waals surface area contributed by atoms with E-state index in [0.29, 0.717) is 0 Å². The molecule has 0 saturated carbocycles. The standard InChI is InChI=1S/C12H15ClN4O2S/c1-3-10-9(8-17(2)16-10)7-15-20(18,19)11-5-4-6-14-12(11)13/h4-6,8,15H,3,7H2,1-2H3. The van der Waals surface area contributed by atoms with Crippen molar-refractivity contribution in [2.45, 2.75) is 24.8 Å². The number of hydrogen-bond acceptors (Lipinski definition) is 4. The van der Waals surface area contributed by atoms with Gasteiger partial charge >= 0.3 is 0 Å². The maximum atomic E-state index is 12.2. The highest BCUT2D eigenvalue weighted by Crippen LogP contribution is 2.18. The second kappa shape index (κ2) is 5.90. The van der Waals surface area contributed by atoms with Crippen molar-refractivity contribution in [3.8, 4) is 0 Å². The summed E-state index contributed by atoms with van der Waals surface area (Å²) in [6.07, 6.45) is 3.98. The number of nitrogens with zero attached hydrogens (tertiary/aromatic N) is 3. The lowest BCUT2D eigenvalue weighted by molar-refractivity contribution is 0.580. The average molecular weight is 315 g/mol. The molecule has 0 amide bonds. The Hall–Kier alpha value is -1.44. The van der Waals surface area contributed by atoms with Crippen molar-refractivity contribution in [1.82, 2.24) is 19.5 Å². The van der Waals surface area contributed by atoms with Gasteiger partial charge in [-0.25, -0.2) is 18.1 Å². The van der Waals surface area contributed by atoms with Crippen LogP contribution in [0.5, 0.6) is 0 Å². The van der Waals surface area contributed by atoms with Crippen LogP contribution < -0.4 is 4.72 Å². The minimum atomic E-state index is -3.69. The maximum Gasteiger partial charge on any atom is 0.243 e. The van der Waals surface area contributed by atoms with Gasteiger partial charge in [-0.1, -0.05) is 18.5 Å². The number of pyridine rings is 1. The van der Waals surface area contributed by atoms with Crippen molar-refractivity contribution >= 4 is 21.6 Å². The van der Waals surface area contributed by atoms with Gasteiger partial charge in [0, 0.05) is 31.5 Å². The first-order valence-corrected chi connectivity index (χ1v) is 7.91. The van der Waals surface area contributed by atoms with Gasteiger partial charge in [0.2, 0.25) is 10.0 Å². The summed E-state index contributed by atoms with van der Waals surface area (Å²) in [5.41, 5.74) is 1.71. The molecule has 8 heteroatoms. The zero-order valence-corrected chi connectivity index (χ0v) is 12.7. The molecule has 0 aliphatic carbocycles. The Labute approximate surface area is 122 Å². The summed E-state index contributed by atoms with van der Waals surface area (Å²) in [6, 6.07) is 2.95. The van der Waals surface area contributed by atoms with Gasteiger partial charge in [-0.05, 0) is 18.6 Å². The van der Waals surface area contributed by atoms with Crippen LogP contribution in [0.15, 0.2) is 29.4 Å². The number of rotatable bonds is 5. The Balaban J connectivity index is 2.20. The molecule has 0 atom stereocenters. The third-order valence-corrected chi connectivity index (χ3v) is 4.64. The summed E-state index contributed by atoms with van der Waals surface area (Å²) < 4.78 is 28.5. The molecule has 0 aliphatic heterocycles. The summed E-state index contributed by atoms with van der Waals surface area (Å²) >= 11 is 5.81. The molecule has 0 aromatic carbocycles. The van der Waals surface area contributed by atoms with Crippen molar-refractivity contribution < 1.29 is 8.42 Å². The van der Waals surface area contributed by atoms with E-state index >= 15 is 0 Å². The van der Waals surface area contributed by atoms with Crippen LogP contribution in [0.2, 0.25) is 5.15 Å². The van der Waals surface area contributed by atoms with E-state index in [1.807, 2.05) is 6.92 Å². The Bertz CT molecular complexity index is 712. The number of hydrogen-bond donors (Lipinski definition) is 1. The van der Waals surface area contributed by atoms with Gasteiger partial charge < -0.3 is 0 Å². The van der Waals surface area contributed by atoms with Crippen LogP contribution in [-0.4, -0.2) is 23.2 Å². The van der Waals surface area contributed by atoms with Gasteiger partial charge in [0.1, 0.15) is 10.0 Å². The third-order valence-electron chi connectivity index (χ3n) is 2.79. The normalized spacial score (nSPS) is 11.8. The van der Waals surface area contributed by atoms with E-state index < -0.39 is 10.0 Å². The molecular formula is C12H15ClN4O2S. The summed E-state index contributed by atoms with van der Waals surface area (Å²) in [5, 5.41) is 4.22. The number of nitrogens with one attached hydrogen (secondary N) is 1. The van der Waals surface area contributed by atoms with E-state index in [4.69, 9.17) is 11.6 Å². The molecule has 2 aromatic rings. The van der Waals surface area contributed by atoms with Gasteiger partial charge in [0.25, 0.3) is 0 Å². The number of aromatic nitrogens is 3. The van der Waals surface area contributed by atoms with Gasteiger partial charge in [-0.3, -0.25) is 4.68 Å². The monoisotopic (exact) mass is 314 g/mol. The first-order chi connectivity index (χ1) is 9.44. The van der Waals surface area contributed by atoms with E-state index in [1.54, 1.807) is 17.9 Å². The SMILES string of the molecule is CCc1nn(C)cc1CNS(=O)(=O)c1cccnc1Cl. The molecular weight excluding hydrogens is 300 g/mol. The Morgan fingerprint density at radius 2 is 2.20 bits per heavy atom. The molecule has 0 aliphatic rings. The second-order valence-electron chi connectivity index (χ2n) is 4.25. The van der Waals surface area contributed by atoms with E-state index in [0.717, 1.165) is 17.7 Å². The van der Waals surface area contributed by atoms with Crippen LogP contribution in [0.1, 0.15) is 18.2 Å². The smallest absolute Gasteiger partial charge is 0.243 e. The van der Waals surface area contributed by atoms with Gasteiger partial charge in [-0.2, -0.15) is 5.10 Å². The van der Waals surface area contributed by atoms with Gasteiger partial charge in [-0.15, -0.1) is 0 Å². The fourth-order valence-corrected chi connectivity index (χ4v) is 3.31. The van der Waals surface area contributed by atoms with Gasteiger partial charge in [0.15, 0.2) is 0 Å². The molecule has 0 spiro atoms. The topological polar surface area (TPSA) is 76.9 Å². The Morgan fingerprint density at radius 1 is 1.45 bits per heavy atom. The molecule has 0 saturated heterocycles. The second-order valence-corrected chi connectivity index (χ2v) is 6.34. The first-order valence-electron chi connectivity index (χ1n) is 6.05. The van der Waals surface area contributed by atoms with Crippen molar-refractivity contribution in [2.24, 2.45) is 7.05 Å². The Morgan fingerprint density at radius 3 is 2.85 bits per heavy atom. The number of halogens is 1. The minimum Gasteiger partial charge on any atom is -0.275 e. The zero-order chi connectivity index (χ0) is 14.8. The van der Waals surface area contributed by atoms with E-state index in [1.165, 1.54) is 18.3 Å². The maximum absolute atomic E-state index is 12.2.